The van der Waals surface area contributed by atoms with Crippen LogP contribution in [0.1, 0.15) is 16.1 Å². The van der Waals surface area contributed by atoms with Crippen LogP contribution >= 0.6 is 39.1 Å². The molecule has 7 nitrogen and oxygen atoms in total. The first-order chi connectivity index (χ1) is 13.0. The molecule has 4 aromatic rings. The molecule has 1 amide bonds. The molecule has 0 spiro atoms. The second-order valence-electron chi connectivity index (χ2n) is 5.67. The smallest absolute Gasteiger partial charge is 0.277 e. The minimum Gasteiger partial charge on any atom is -0.303 e. The molecule has 0 saturated heterocycles. The normalized spacial score (nSPS) is 11.1. The number of nitrogens with zero attached hydrogens (tertiary/aromatic N) is 5. The first-order valence-corrected chi connectivity index (χ1v) is 9.33. The molecule has 10 heteroatoms. The van der Waals surface area contributed by atoms with E-state index in [1.807, 2.05) is 6.07 Å². The van der Waals surface area contributed by atoms with E-state index in [9.17, 15) is 4.79 Å². The van der Waals surface area contributed by atoms with Crippen LogP contribution in [0.3, 0.4) is 0 Å². The van der Waals surface area contributed by atoms with E-state index in [-0.39, 0.29) is 11.6 Å². The lowest BCUT2D eigenvalue weighted by atomic mass is 10.2. The molecule has 27 heavy (non-hydrogen) atoms. The average Bonchev–Trinajstić information content (AvgIpc) is 3.21. The molecule has 0 aliphatic rings. The van der Waals surface area contributed by atoms with E-state index in [0.29, 0.717) is 32.5 Å². The van der Waals surface area contributed by atoms with Crippen LogP contribution in [0, 0.1) is 0 Å². The van der Waals surface area contributed by atoms with Crippen LogP contribution in [-0.4, -0.2) is 30.3 Å². The lowest BCUT2D eigenvalue weighted by molar-refractivity contribution is 0.102. The van der Waals surface area contributed by atoms with Gasteiger partial charge >= 0.3 is 0 Å². The lowest BCUT2D eigenvalue weighted by Crippen LogP contribution is -2.14. The summed E-state index contributed by atoms with van der Waals surface area (Å²) in [6, 6.07) is 8.62. The van der Waals surface area contributed by atoms with Gasteiger partial charge in [0, 0.05) is 34.7 Å². The van der Waals surface area contributed by atoms with Crippen molar-refractivity contribution >= 4 is 56.5 Å². The Kier molecular flexibility index (Phi) is 4.86. The van der Waals surface area contributed by atoms with Gasteiger partial charge in [-0.05, 0) is 39.7 Å². The predicted octanol–water partition coefficient (Wildman–Crippen LogP) is 4.30. The van der Waals surface area contributed by atoms with Crippen LogP contribution in [0.15, 0.2) is 53.4 Å². The number of carbonyl (C=O) groups is 1. The maximum atomic E-state index is 12.5. The molecule has 3 heterocycles. The fourth-order valence-corrected chi connectivity index (χ4v) is 3.38. The van der Waals surface area contributed by atoms with Crippen molar-refractivity contribution < 1.29 is 4.79 Å². The molecule has 0 radical (unpaired) electrons. The van der Waals surface area contributed by atoms with Crippen molar-refractivity contribution in [2.75, 3.05) is 5.32 Å². The van der Waals surface area contributed by atoms with Gasteiger partial charge in [-0.1, -0.05) is 29.3 Å². The molecule has 0 aliphatic carbocycles. The minimum atomic E-state index is -0.379. The van der Waals surface area contributed by atoms with E-state index >= 15 is 0 Å². The maximum absolute atomic E-state index is 12.5. The number of carbonyl (C=O) groups excluding carboxylic acids is 1. The SMILES string of the molecule is O=C(Nc1nn(Cc2ccc(Cl)cc2Cl)cc1Br)c1cc2ncccn2n1. The van der Waals surface area contributed by atoms with Gasteiger partial charge in [-0.3, -0.25) is 9.48 Å². The molecule has 0 saturated carbocycles. The molecule has 136 valence electrons. The summed E-state index contributed by atoms with van der Waals surface area (Å²) in [5.74, 6) is 0.00563. The zero-order valence-corrected chi connectivity index (χ0v) is 16.7. The number of nitrogens with one attached hydrogen (secondary N) is 1. The van der Waals surface area contributed by atoms with Crippen LogP contribution in [0.5, 0.6) is 0 Å². The Morgan fingerprint density at radius 3 is 2.85 bits per heavy atom. The summed E-state index contributed by atoms with van der Waals surface area (Å²) in [5.41, 5.74) is 1.70. The van der Waals surface area contributed by atoms with Crippen molar-refractivity contribution in [1.29, 1.82) is 0 Å². The molecule has 0 unspecified atom stereocenters. The Labute approximate surface area is 172 Å². The van der Waals surface area contributed by atoms with Crippen molar-refractivity contribution in [3.05, 3.63) is 74.7 Å². The van der Waals surface area contributed by atoms with Crippen molar-refractivity contribution in [2.24, 2.45) is 0 Å². The number of amides is 1. The lowest BCUT2D eigenvalue weighted by Gasteiger charge is -2.05. The fraction of sp³-hybridized carbons (Fsp3) is 0.0588. The summed E-state index contributed by atoms with van der Waals surface area (Å²) in [4.78, 5) is 16.6. The number of hydrogen-bond donors (Lipinski definition) is 1. The highest BCUT2D eigenvalue weighted by molar-refractivity contribution is 9.10. The third-order valence-corrected chi connectivity index (χ3v) is 4.93. The van der Waals surface area contributed by atoms with E-state index in [0.717, 1.165) is 5.56 Å². The van der Waals surface area contributed by atoms with Crippen molar-refractivity contribution in [2.45, 2.75) is 6.54 Å². The molecule has 1 N–H and O–H groups in total. The van der Waals surface area contributed by atoms with Gasteiger partial charge in [0.05, 0.1) is 11.0 Å². The molecular weight excluding hydrogens is 455 g/mol. The topological polar surface area (TPSA) is 77.1 Å². The van der Waals surface area contributed by atoms with Gasteiger partial charge in [-0.25, -0.2) is 9.50 Å². The van der Waals surface area contributed by atoms with Crippen LogP contribution < -0.4 is 5.32 Å². The minimum absolute atomic E-state index is 0.246. The molecule has 0 fully saturated rings. The van der Waals surface area contributed by atoms with E-state index in [1.165, 1.54) is 4.52 Å². The van der Waals surface area contributed by atoms with Gasteiger partial charge in [0.25, 0.3) is 5.91 Å². The van der Waals surface area contributed by atoms with Crippen LogP contribution in [0.2, 0.25) is 10.0 Å². The summed E-state index contributed by atoms with van der Waals surface area (Å²) < 4.78 is 3.84. The Balaban J connectivity index is 1.53. The molecular formula is C17H11BrCl2N6O. The highest BCUT2D eigenvalue weighted by Gasteiger charge is 2.16. The predicted molar refractivity (Wildman–Crippen MR) is 106 cm³/mol. The second kappa shape index (κ2) is 7.30. The van der Waals surface area contributed by atoms with Gasteiger partial charge in [0.15, 0.2) is 17.2 Å². The van der Waals surface area contributed by atoms with Gasteiger partial charge in [0.2, 0.25) is 0 Å². The first-order valence-electron chi connectivity index (χ1n) is 7.78. The van der Waals surface area contributed by atoms with Crippen LogP contribution in [0.25, 0.3) is 5.65 Å². The third kappa shape index (κ3) is 3.83. The number of aromatic nitrogens is 5. The van der Waals surface area contributed by atoms with Crippen molar-refractivity contribution in [1.82, 2.24) is 24.4 Å². The maximum Gasteiger partial charge on any atom is 0.277 e. The van der Waals surface area contributed by atoms with Gasteiger partial charge in [0.1, 0.15) is 0 Å². The quantitative estimate of drug-likeness (QED) is 0.487. The third-order valence-electron chi connectivity index (χ3n) is 3.77. The molecule has 1 aromatic carbocycles. The summed E-state index contributed by atoms with van der Waals surface area (Å²) in [6.07, 6.45) is 5.12. The fourth-order valence-electron chi connectivity index (χ4n) is 2.50. The summed E-state index contributed by atoms with van der Waals surface area (Å²) in [5, 5.41) is 12.4. The number of fused-ring (bicyclic) bond motifs is 1. The van der Waals surface area contributed by atoms with Crippen molar-refractivity contribution in [3.63, 3.8) is 0 Å². The van der Waals surface area contributed by atoms with Crippen LogP contribution in [-0.2, 0) is 6.54 Å². The van der Waals surface area contributed by atoms with E-state index in [2.05, 4.69) is 36.4 Å². The van der Waals surface area contributed by atoms with Crippen LogP contribution in [0.4, 0.5) is 5.82 Å². The summed E-state index contributed by atoms with van der Waals surface area (Å²) in [6.45, 7) is 0.433. The van der Waals surface area contributed by atoms with Gasteiger partial charge in [-0.2, -0.15) is 10.2 Å². The summed E-state index contributed by atoms with van der Waals surface area (Å²) >= 11 is 15.5. The number of rotatable bonds is 4. The van der Waals surface area contributed by atoms with Gasteiger partial charge in [-0.15, -0.1) is 0 Å². The number of halogens is 3. The zero-order chi connectivity index (χ0) is 19.0. The Bertz CT molecular complexity index is 1120. The Morgan fingerprint density at radius 2 is 2.07 bits per heavy atom. The molecule has 4 rings (SSSR count). The zero-order valence-electron chi connectivity index (χ0n) is 13.6. The Morgan fingerprint density at radius 1 is 1.22 bits per heavy atom. The number of hydrogen-bond acceptors (Lipinski definition) is 4. The average molecular weight is 466 g/mol. The van der Waals surface area contributed by atoms with E-state index < -0.39 is 0 Å². The largest absolute Gasteiger partial charge is 0.303 e. The van der Waals surface area contributed by atoms with E-state index in [1.54, 1.807) is 47.5 Å². The standard InChI is InChI=1S/C17H11BrCl2N6O/c18-12-9-25(8-10-2-3-11(19)6-13(10)20)24-16(12)22-17(27)14-7-15-21-4-1-5-26(15)23-14/h1-7,9H,8H2,(H,22,24,27). The molecule has 0 atom stereocenters. The Hall–Kier alpha value is -2.42. The molecule has 0 bridgehead atoms. The number of benzene rings is 1. The molecule has 3 aromatic heterocycles. The van der Waals surface area contributed by atoms with E-state index in [4.69, 9.17) is 23.2 Å². The first kappa shape index (κ1) is 18.0. The molecule has 0 aliphatic heterocycles. The number of anilines is 1. The highest BCUT2D eigenvalue weighted by atomic mass is 79.9. The monoisotopic (exact) mass is 464 g/mol. The highest BCUT2D eigenvalue weighted by Crippen LogP contribution is 2.25. The second-order valence-corrected chi connectivity index (χ2v) is 7.36. The summed E-state index contributed by atoms with van der Waals surface area (Å²) in [7, 11) is 0. The van der Waals surface area contributed by atoms with Gasteiger partial charge < -0.3 is 5.32 Å². The van der Waals surface area contributed by atoms with Crippen molar-refractivity contribution in [3.8, 4) is 0 Å².